The zero-order chi connectivity index (χ0) is 15.8. The zero-order valence-corrected chi connectivity index (χ0v) is 13.3. The van der Waals surface area contributed by atoms with E-state index in [1.807, 2.05) is 11.0 Å². The molecule has 0 bridgehead atoms. The molecule has 118 valence electrons. The van der Waals surface area contributed by atoms with Crippen molar-refractivity contribution >= 4 is 33.3 Å². The molecule has 3 N–H and O–H groups in total. The fraction of sp³-hybridized carbons (Fsp3) is 0.333. The van der Waals surface area contributed by atoms with Crippen LogP contribution in [0, 0.1) is 0 Å². The number of H-pyrrole nitrogens is 1. The Hall–Kier alpha value is -2.48. The number of nitrogens with zero attached hydrogens (tertiary/aromatic N) is 4. The van der Waals surface area contributed by atoms with Crippen LogP contribution in [0.1, 0.15) is 28.9 Å². The number of nitrogen functional groups attached to an aromatic ring is 1. The molecule has 1 saturated heterocycles. The summed E-state index contributed by atoms with van der Waals surface area (Å²) in [7, 11) is 0. The second-order valence-electron chi connectivity index (χ2n) is 5.58. The van der Waals surface area contributed by atoms with Crippen molar-refractivity contribution in [2.75, 3.05) is 18.8 Å². The van der Waals surface area contributed by atoms with Crippen LogP contribution in [0.3, 0.4) is 0 Å². The maximum absolute atomic E-state index is 12.7. The van der Waals surface area contributed by atoms with Crippen LogP contribution in [0.2, 0.25) is 0 Å². The third kappa shape index (κ3) is 2.44. The van der Waals surface area contributed by atoms with Gasteiger partial charge in [0, 0.05) is 19.3 Å². The van der Waals surface area contributed by atoms with Crippen LogP contribution in [-0.4, -0.2) is 44.1 Å². The average molecular weight is 328 g/mol. The number of hydrogen-bond donors (Lipinski definition) is 2. The molecule has 0 aliphatic carbocycles. The molecule has 8 heteroatoms. The van der Waals surface area contributed by atoms with Gasteiger partial charge in [0.15, 0.2) is 0 Å². The summed E-state index contributed by atoms with van der Waals surface area (Å²) < 4.78 is 0. The van der Waals surface area contributed by atoms with Crippen molar-refractivity contribution in [2.24, 2.45) is 0 Å². The first kappa shape index (κ1) is 14.1. The van der Waals surface area contributed by atoms with Crippen molar-refractivity contribution in [2.45, 2.75) is 19.3 Å². The van der Waals surface area contributed by atoms with Crippen molar-refractivity contribution in [3.8, 4) is 11.4 Å². The second-order valence-corrected chi connectivity index (χ2v) is 6.58. The molecule has 23 heavy (non-hydrogen) atoms. The fourth-order valence-electron chi connectivity index (χ4n) is 2.81. The molecule has 3 aromatic heterocycles. The third-order valence-electron chi connectivity index (χ3n) is 4.05. The van der Waals surface area contributed by atoms with Gasteiger partial charge in [-0.05, 0) is 25.3 Å². The van der Waals surface area contributed by atoms with Crippen molar-refractivity contribution in [3.63, 3.8) is 0 Å². The summed E-state index contributed by atoms with van der Waals surface area (Å²) in [5.41, 5.74) is 8.66. The number of carbonyl (C=O) groups excluding carboxylic acids is 1. The largest absolute Gasteiger partial charge is 0.396 e. The Kier molecular flexibility index (Phi) is 3.45. The Morgan fingerprint density at radius 2 is 2.13 bits per heavy atom. The van der Waals surface area contributed by atoms with Crippen molar-refractivity contribution in [1.29, 1.82) is 0 Å². The van der Waals surface area contributed by atoms with E-state index in [0.717, 1.165) is 31.6 Å². The number of aromatic nitrogens is 4. The maximum Gasteiger partial charge on any atom is 0.266 e. The molecule has 1 aliphatic heterocycles. The lowest BCUT2D eigenvalue weighted by atomic mass is 10.1. The number of fused-ring (bicyclic) bond motifs is 1. The van der Waals surface area contributed by atoms with E-state index in [1.165, 1.54) is 17.8 Å². The normalized spacial score (nSPS) is 15.2. The van der Waals surface area contributed by atoms with Gasteiger partial charge in [-0.1, -0.05) is 0 Å². The second kappa shape index (κ2) is 5.62. The van der Waals surface area contributed by atoms with Gasteiger partial charge < -0.3 is 10.6 Å². The lowest BCUT2D eigenvalue weighted by Crippen LogP contribution is -2.35. The Morgan fingerprint density at radius 1 is 1.30 bits per heavy atom. The highest BCUT2D eigenvalue weighted by atomic mass is 32.1. The van der Waals surface area contributed by atoms with Crippen LogP contribution < -0.4 is 5.73 Å². The van der Waals surface area contributed by atoms with Gasteiger partial charge in [-0.3, -0.25) is 9.89 Å². The Bertz CT molecular complexity index is 850. The number of likely N-dealkylation sites (tertiary alicyclic amines) is 1. The fourth-order valence-corrected chi connectivity index (χ4v) is 3.83. The topological polar surface area (TPSA) is 101 Å². The number of piperidine rings is 1. The summed E-state index contributed by atoms with van der Waals surface area (Å²) in [6.07, 6.45) is 6.60. The Labute approximate surface area is 136 Å². The Balaban J connectivity index is 1.73. The lowest BCUT2D eigenvalue weighted by Gasteiger charge is -2.26. The number of nitrogens with one attached hydrogen (secondary N) is 1. The van der Waals surface area contributed by atoms with Gasteiger partial charge in [-0.25, -0.2) is 9.97 Å². The summed E-state index contributed by atoms with van der Waals surface area (Å²) in [4.78, 5) is 24.7. The summed E-state index contributed by atoms with van der Waals surface area (Å²) in [5.74, 6) is -0.00455. The molecule has 3 aromatic rings. The number of rotatable bonds is 2. The van der Waals surface area contributed by atoms with E-state index in [2.05, 4.69) is 20.2 Å². The quantitative estimate of drug-likeness (QED) is 0.751. The number of thiophene rings is 1. The molecule has 1 fully saturated rings. The van der Waals surface area contributed by atoms with Gasteiger partial charge in [0.2, 0.25) is 0 Å². The van der Waals surface area contributed by atoms with E-state index in [4.69, 9.17) is 5.73 Å². The molecule has 0 unspecified atom stereocenters. The van der Waals surface area contributed by atoms with E-state index in [1.54, 1.807) is 12.4 Å². The number of hydrogen-bond acceptors (Lipinski definition) is 6. The van der Waals surface area contributed by atoms with Crippen molar-refractivity contribution in [1.82, 2.24) is 25.1 Å². The smallest absolute Gasteiger partial charge is 0.266 e. The van der Waals surface area contributed by atoms with Crippen molar-refractivity contribution < 1.29 is 4.79 Å². The minimum Gasteiger partial charge on any atom is -0.396 e. The molecule has 7 nitrogen and oxygen atoms in total. The van der Waals surface area contributed by atoms with Gasteiger partial charge in [0.25, 0.3) is 5.91 Å². The first-order valence-corrected chi connectivity index (χ1v) is 8.40. The molecule has 1 aliphatic rings. The highest BCUT2D eigenvalue weighted by Crippen LogP contribution is 2.33. The van der Waals surface area contributed by atoms with Crippen LogP contribution >= 0.6 is 11.3 Å². The van der Waals surface area contributed by atoms with E-state index in [-0.39, 0.29) is 5.91 Å². The number of aromatic amines is 1. The monoisotopic (exact) mass is 328 g/mol. The van der Waals surface area contributed by atoms with Gasteiger partial charge in [-0.15, -0.1) is 11.3 Å². The number of carbonyl (C=O) groups is 1. The van der Waals surface area contributed by atoms with Crippen LogP contribution in [0.15, 0.2) is 18.5 Å². The lowest BCUT2D eigenvalue weighted by molar-refractivity contribution is 0.0730. The van der Waals surface area contributed by atoms with Gasteiger partial charge in [-0.2, -0.15) is 5.10 Å². The Morgan fingerprint density at radius 3 is 2.87 bits per heavy atom. The zero-order valence-electron chi connectivity index (χ0n) is 12.5. The van der Waals surface area contributed by atoms with Gasteiger partial charge >= 0.3 is 0 Å². The molecule has 0 radical (unpaired) electrons. The minimum atomic E-state index is -0.00455. The van der Waals surface area contributed by atoms with E-state index in [0.29, 0.717) is 26.6 Å². The molecular weight excluding hydrogens is 312 g/mol. The molecular formula is C15H16N6OS. The van der Waals surface area contributed by atoms with Crippen LogP contribution in [-0.2, 0) is 0 Å². The molecule has 0 spiro atoms. The van der Waals surface area contributed by atoms with Crippen LogP contribution in [0.5, 0.6) is 0 Å². The standard InChI is InChI=1S/C15H16N6OS/c16-11-12-14(19-10(8-17-12)9-4-5-18-20-9)23-13(11)15(22)21-6-2-1-3-7-21/h4-5,8H,1-3,6-7,16H2,(H,18,20). The minimum absolute atomic E-state index is 0.00455. The van der Waals surface area contributed by atoms with E-state index in [9.17, 15) is 4.79 Å². The first-order valence-electron chi connectivity index (χ1n) is 7.58. The van der Waals surface area contributed by atoms with Crippen LogP contribution in [0.4, 0.5) is 5.69 Å². The summed E-state index contributed by atoms with van der Waals surface area (Å²) in [6.45, 7) is 1.60. The number of anilines is 1. The maximum atomic E-state index is 12.7. The highest BCUT2D eigenvalue weighted by molar-refractivity contribution is 7.21. The number of nitrogens with two attached hydrogens (primary N) is 1. The SMILES string of the molecule is Nc1c(C(=O)N2CCCCC2)sc2nc(-c3ccn[nH]3)cnc12. The first-order chi connectivity index (χ1) is 11.2. The van der Waals surface area contributed by atoms with Crippen LogP contribution in [0.25, 0.3) is 21.7 Å². The molecule has 0 aromatic carbocycles. The van der Waals surface area contributed by atoms with Gasteiger partial charge in [0.1, 0.15) is 20.9 Å². The van der Waals surface area contributed by atoms with Gasteiger partial charge in [0.05, 0.1) is 17.6 Å². The number of amides is 1. The molecule has 4 heterocycles. The van der Waals surface area contributed by atoms with E-state index >= 15 is 0 Å². The summed E-state index contributed by atoms with van der Waals surface area (Å²) in [6, 6.07) is 1.83. The summed E-state index contributed by atoms with van der Waals surface area (Å²) in [5, 5.41) is 6.78. The predicted molar refractivity (Wildman–Crippen MR) is 89.2 cm³/mol. The van der Waals surface area contributed by atoms with Crippen molar-refractivity contribution in [3.05, 3.63) is 23.3 Å². The molecule has 0 atom stereocenters. The highest BCUT2D eigenvalue weighted by Gasteiger charge is 2.24. The molecule has 0 saturated carbocycles. The molecule has 1 amide bonds. The summed E-state index contributed by atoms with van der Waals surface area (Å²) >= 11 is 1.31. The third-order valence-corrected chi connectivity index (χ3v) is 5.13. The molecule has 4 rings (SSSR count). The predicted octanol–water partition coefficient (Wildman–Crippen LogP) is 2.29. The average Bonchev–Trinajstić information content (AvgIpc) is 3.23. The van der Waals surface area contributed by atoms with E-state index < -0.39 is 0 Å².